The molecule has 10 heteroatoms. The number of thioether (sulfide) groups is 1. The van der Waals surface area contributed by atoms with Gasteiger partial charge in [0, 0.05) is 11.1 Å². The van der Waals surface area contributed by atoms with Crippen LogP contribution in [0.5, 0.6) is 0 Å². The Kier molecular flexibility index (Phi) is 7.11. The Bertz CT molecular complexity index is 862. The number of pyridine rings is 2. The molecular formula is C16H15Cl3N4O2S. The lowest BCUT2D eigenvalue weighted by Crippen LogP contribution is -2.35. The van der Waals surface area contributed by atoms with Crippen molar-refractivity contribution in [1.82, 2.24) is 15.3 Å². The Morgan fingerprint density at radius 2 is 1.88 bits per heavy atom. The highest BCUT2D eigenvalue weighted by Crippen LogP contribution is 2.31. The number of nitrogens with one attached hydrogen (secondary N) is 2. The minimum Gasteiger partial charge on any atom is -0.305 e. The molecule has 2 rings (SSSR count). The summed E-state index contributed by atoms with van der Waals surface area (Å²) in [4.78, 5) is 33.5. The van der Waals surface area contributed by atoms with E-state index in [1.807, 2.05) is 20.1 Å². The summed E-state index contributed by atoms with van der Waals surface area (Å²) < 4.78 is 0. The van der Waals surface area contributed by atoms with Crippen LogP contribution in [0.3, 0.4) is 0 Å². The highest BCUT2D eigenvalue weighted by atomic mass is 35.5. The van der Waals surface area contributed by atoms with Gasteiger partial charge in [-0.05, 0) is 24.3 Å². The van der Waals surface area contributed by atoms with Crippen LogP contribution in [0.2, 0.25) is 15.3 Å². The topological polar surface area (TPSA) is 84.0 Å². The lowest BCUT2D eigenvalue weighted by atomic mass is 10.1. The first kappa shape index (κ1) is 20.8. The van der Waals surface area contributed by atoms with Crippen LogP contribution in [0.1, 0.15) is 35.8 Å². The summed E-state index contributed by atoms with van der Waals surface area (Å²) in [7, 11) is 0. The molecular weight excluding hydrogens is 419 g/mol. The van der Waals surface area contributed by atoms with E-state index in [4.69, 9.17) is 34.8 Å². The predicted octanol–water partition coefficient (Wildman–Crippen LogP) is 5.24. The van der Waals surface area contributed by atoms with Gasteiger partial charge in [0.1, 0.15) is 10.3 Å². The molecule has 6 nitrogen and oxygen atoms in total. The molecule has 0 fully saturated rings. The maximum Gasteiger partial charge on any atom is 0.326 e. The van der Waals surface area contributed by atoms with Crippen LogP contribution in [-0.4, -0.2) is 28.2 Å². The minimum absolute atomic E-state index is 0.0285. The summed E-state index contributed by atoms with van der Waals surface area (Å²) in [5, 5.41) is 4.75. The molecule has 0 atom stereocenters. The molecule has 2 aromatic rings. The summed E-state index contributed by atoms with van der Waals surface area (Å²) in [6.45, 7) is 3.92. The average molecular weight is 434 g/mol. The molecule has 0 aliphatic heterocycles. The highest BCUT2D eigenvalue weighted by molar-refractivity contribution is 7.98. The fourth-order valence-electron chi connectivity index (χ4n) is 2.11. The molecule has 138 valence electrons. The van der Waals surface area contributed by atoms with Gasteiger partial charge in [-0.15, -0.1) is 11.8 Å². The number of imide groups is 1. The van der Waals surface area contributed by atoms with Crippen molar-refractivity contribution in [3.05, 3.63) is 44.9 Å². The first-order valence-corrected chi connectivity index (χ1v) is 9.77. The molecule has 0 radical (unpaired) electrons. The lowest BCUT2D eigenvalue weighted by Gasteiger charge is -2.16. The molecule has 0 unspecified atom stereocenters. The minimum atomic E-state index is -0.751. The Morgan fingerprint density at radius 3 is 2.50 bits per heavy atom. The number of halogens is 3. The zero-order chi connectivity index (χ0) is 19.4. The van der Waals surface area contributed by atoms with Crippen LogP contribution in [0.15, 0.2) is 23.2 Å². The maximum absolute atomic E-state index is 12.3. The summed E-state index contributed by atoms with van der Waals surface area (Å²) >= 11 is 18.9. The van der Waals surface area contributed by atoms with Crippen molar-refractivity contribution in [3.63, 3.8) is 0 Å². The SMILES string of the molecule is CSc1ccnc(C(C)C)c1NC(=O)NC(=O)c1cc(Cl)c(Cl)nc1Cl. The third kappa shape index (κ3) is 4.79. The fraction of sp³-hybridized carbons (Fsp3) is 0.250. The van der Waals surface area contributed by atoms with E-state index in [-0.39, 0.29) is 26.8 Å². The van der Waals surface area contributed by atoms with E-state index in [0.29, 0.717) is 11.4 Å². The standard InChI is InChI=1S/C16H15Cl3N4O2S/c1-7(2)11-12(10(26-3)4-5-20-11)21-16(25)23-15(24)8-6-9(17)14(19)22-13(8)18/h4-7H,1-3H3,(H2,21,23,24,25). The molecule has 0 bridgehead atoms. The van der Waals surface area contributed by atoms with Gasteiger partial charge < -0.3 is 5.32 Å². The fourth-order valence-corrected chi connectivity index (χ4v) is 3.23. The smallest absolute Gasteiger partial charge is 0.305 e. The monoisotopic (exact) mass is 432 g/mol. The molecule has 0 spiro atoms. The molecule has 2 heterocycles. The zero-order valence-electron chi connectivity index (χ0n) is 14.1. The van der Waals surface area contributed by atoms with E-state index in [2.05, 4.69) is 20.6 Å². The van der Waals surface area contributed by atoms with Gasteiger partial charge in [-0.1, -0.05) is 48.7 Å². The van der Waals surface area contributed by atoms with E-state index >= 15 is 0 Å². The molecule has 0 aliphatic rings. The summed E-state index contributed by atoms with van der Waals surface area (Å²) in [5.41, 5.74) is 1.21. The van der Waals surface area contributed by atoms with Crippen molar-refractivity contribution in [1.29, 1.82) is 0 Å². The number of hydrogen-bond donors (Lipinski definition) is 2. The van der Waals surface area contributed by atoms with Crippen LogP contribution < -0.4 is 10.6 Å². The maximum atomic E-state index is 12.3. The van der Waals surface area contributed by atoms with E-state index in [1.54, 1.807) is 12.3 Å². The van der Waals surface area contributed by atoms with Crippen LogP contribution >= 0.6 is 46.6 Å². The molecule has 3 amide bonds. The van der Waals surface area contributed by atoms with Gasteiger partial charge in [0.25, 0.3) is 5.91 Å². The largest absolute Gasteiger partial charge is 0.326 e. The molecule has 0 aliphatic carbocycles. The number of rotatable bonds is 4. The second kappa shape index (κ2) is 8.90. The number of amides is 3. The van der Waals surface area contributed by atoms with Gasteiger partial charge in [0.05, 0.1) is 22.0 Å². The lowest BCUT2D eigenvalue weighted by molar-refractivity contribution is 0.0967. The molecule has 0 saturated heterocycles. The van der Waals surface area contributed by atoms with Crippen molar-refractivity contribution >= 4 is 64.2 Å². The molecule has 0 aromatic carbocycles. The Hall–Kier alpha value is -1.54. The first-order valence-electron chi connectivity index (χ1n) is 7.41. The van der Waals surface area contributed by atoms with Gasteiger partial charge in [-0.2, -0.15) is 0 Å². The third-order valence-electron chi connectivity index (χ3n) is 3.31. The van der Waals surface area contributed by atoms with Crippen molar-refractivity contribution in [2.24, 2.45) is 0 Å². The van der Waals surface area contributed by atoms with Crippen LogP contribution in [-0.2, 0) is 0 Å². The molecule has 2 aromatic heterocycles. The summed E-state index contributed by atoms with van der Waals surface area (Å²) in [5.74, 6) is -0.666. The number of carbonyl (C=O) groups excluding carboxylic acids is 2. The third-order valence-corrected chi connectivity index (χ3v) is 5.05. The van der Waals surface area contributed by atoms with Gasteiger partial charge in [-0.25, -0.2) is 9.78 Å². The van der Waals surface area contributed by atoms with Crippen molar-refractivity contribution in [2.45, 2.75) is 24.7 Å². The van der Waals surface area contributed by atoms with Crippen molar-refractivity contribution in [2.75, 3.05) is 11.6 Å². The normalized spacial score (nSPS) is 10.7. The van der Waals surface area contributed by atoms with Crippen LogP contribution in [0, 0.1) is 0 Å². The number of urea groups is 1. The average Bonchev–Trinajstić information content (AvgIpc) is 2.57. The quantitative estimate of drug-likeness (QED) is 0.508. The van der Waals surface area contributed by atoms with E-state index < -0.39 is 11.9 Å². The van der Waals surface area contributed by atoms with Crippen LogP contribution in [0.25, 0.3) is 0 Å². The van der Waals surface area contributed by atoms with Crippen LogP contribution in [0.4, 0.5) is 10.5 Å². The first-order chi connectivity index (χ1) is 12.2. The Morgan fingerprint density at radius 1 is 1.19 bits per heavy atom. The van der Waals surface area contributed by atoms with Gasteiger partial charge in [-0.3, -0.25) is 15.1 Å². The summed E-state index contributed by atoms with van der Waals surface area (Å²) in [6, 6.07) is 2.31. The molecule has 0 saturated carbocycles. The molecule has 2 N–H and O–H groups in total. The highest BCUT2D eigenvalue weighted by Gasteiger charge is 2.20. The van der Waals surface area contributed by atoms with Crippen molar-refractivity contribution < 1.29 is 9.59 Å². The van der Waals surface area contributed by atoms with Gasteiger partial charge in [0.15, 0.2) is 0 Å². The zero-order valence-corrected chi connectivity index (χ0v) is 17.1. The molecule has 26 heavy (non-hydrogen) atoms. The number of hydrogen-bond acceptors (Lipinski definition) is 5. The van der Waals surface area contributed by atoms with Gasteiger partial charge in [0.2, 0.25) is 0 Å². The van der Waals surface area contributed by atoms with Crippen molar-refractivity contribution in [3.8, 4) is 0 Å². The second-order valence-electron chi connectivity index (χ2n) is 5.44. The van der Waals surface area contributed by atoms with Gasteiger partial charge >= 0.3 is 6.03 Å². The summed E-state index contributed by atoms with van der Waals surface area (Å²) in [6.07, 6.45) is 3.56. The number of anilines is 1. The Balaban J connectivity index is 2.22. The van der Waals surface area contributed by atoms with E-state index in [9.17, 15) is 9.59 Å². The second-order valence-corrected chi connectivity index (χ2v) is 7.41. The van der Waals surface area contributed by atoms with E-state index in [1.165, 1.54) is 17.8 Å². The number of nitrogens with zero attached hydrogens (tertiary/aromatic N) is 2. The van der Waals surface area contributed by atoms with E-state index in [0.717, 1.165) is 4.90 Å². The number of carbonyl (C=O) groups is 2. The predicted molar refractivity (Wildman–Crippen MR) is 106 cm³/mol. The number of aromatic nitrogens is 2. The Labute approximate surface area is 170 Å².